The minimum atomic E-state index is -0.0521. The summed E-state index contributed by atoms with van der Waals surface area (Å²) >= 11 is 0. The van der Waals surface area contributed by atoms with Gasteiger partial charge in [0, 0.05) is 48.4 Å². The summed E-state index contributed by atoms with van der Waals surface area (Å²) in [5, 5.41) is 19.5. The van der Waals surface area contributed by atoms with Crippen LogP contribution in [0.3, 0.4) is 0 Å². The normalized spacial score (nSPS) is 29.2. The first-order valence-corrected chi connectivity index (χ1v) is 12.9. The number of nitrogens with one attached hydrogen (secondary N) is 1. The fourth-order valence-corrected chi connectivity index (χ4v) is 6.74. The van der Waals surface area contributed by atoms with Crippen molar-refractivity contribution in [2.24, 2.45) is 0 Å². The van der Waals surface area contributed by atoms with Crippen LogP contribution in [0.1, 0.15) is 39.9 Å². The molecule has 0 saturated carbocycles. The Labute approximate surface area is 218 Å². The van der Waals surface area contributed by atoms with Gasteiger partial charge in [0.2, 0.25) is 6.79 Å². The van der Waals surface area contributed by atoms with E-state index in [-0.39, 0.29) is 36.8 Å². The van der Waals surface area contributed by atoms with Crippen molar-refractivity contribution in [2.45, 2.75) is 44.6 Å². The zero-order valence-corrected chi connectivity index (χ0v) is 22.2. The Kier molecular flexibility index (Phi) is 5.99. The molecule has 2 aromatic rings. The van der Waals surface area contributed by atoms with Crippen molar-refractivity contribution >= 4 is 0 Å². The van der Waals surface area contributed by atoms with Gasteiger partial charge in [-0.2, -0.15) is 0 Å². The van der Waals surface area contributed by atoms with E-state index in [1.54, 1.807) is 13.2 Å². The van der Waals surface area contributed by atoms with Crippen molar-refractivity contribution in [3.05, 3.63) is 52.6 Å². The summed E-state index contributed by atoms with van der Waals surface area (Å²) in [5.41, 5.74) is 5.04. The predicted octanol–water partition coefficient (Wildman–Crippen LogP) is 3.04. The molecule has 3 unspecified atom stereocenters. The van der Waals surface area contributed by atoms with E-state index in [1.165, 1.54) is 0 Å². The number of likely N-dealkylation sites (N-methyl/N-ethyl adjacent to an activating group) is 2. The maximum absolute atomic E-state index is 11.4. The fraction of sp³-hybridized carbons (Fsp3) is 0.500. The maximum Gasteiger partial charge on any atom is 0.231 e. The molecule has 2 saturated heterocycles. The zero-order valence-electron chi connectivity index (χ0n) is 22.2. The molecule has 4 heterocycles. The molecule has 37 heavy (non-hydrogen) atoms. The van der Waals surface area contributed by atoms with Crippen LogP contribution in [0.4, 0.5) is 0 Å². The van der Waals surface area contributed by atoms with Crippen molar-refractivity contribution in [1.29, 1.82) is 0 Å². The molecule has 0 radical (unpaired) electrons. The van der Waals surface area contributed by atoms with E-state index in [4.69, 9.17) is 18.9 Å². The van der Waals surface area contributed by atoms with Crippen LogP contribution >= 0.6 is 0 Å². The number of piperazine rings is 1. The summed E-state index contributed by atoms with van der Waals surface area (Å²) in [6.07, 6.45) is 2.78. The van der Waals surface area contributed by atoms with Crippen molar-refractivity contribution in [2.75, 3.05) is 47.7 Å². The van der Waals surface area contributed by atoms with Gasteiger partial charge in [-0.25, -0.2) is 10.0 Å². The van der Waals surface area contributed by atoms with E-state index in [0.717, 1.165) is 64.6 Å². The quantitative estimate of drug-likeness (QED) is 0.433. The average Bonchev–Trinajstić information content (AvgIpc) is 3.28. The number of aryl methyl sites for hydroxylation is 1. The van der Waals surface area contributed by atoms with Gasteiger partial charge in [-0.05, 0) is 32.9 Å². The van der Waals surface area contributed by atoms with Crippen LogP contribution in [0, 0.1) is 13.8 Å². The van der Waals surface area contributed by atoms with Gasteiger partial charge in [-0.3, -0.25) is 4.90 Å². The van der Waals surface area contributed by atoms with Gasteiger partial charge in [-0.1, -0.05) is 24.8 Å². The van der Waals surface area contributed by atoms with E-state index >= 15 is 0 Å². The highest BCUT2D eigenvalue weighted by molar-refractivity contribution is 5.66. The maximum atomic E-state index is 11.4. The van der Waals surface area contributed by atoms with Crippen molar-refractivity contribution in [3.63, 3.8) is 0 Å². The third kappa shape index (κ3) is 3.52. The smallest absolute Gasteiger partial charge is 0.231 e. The Hall–Kier alpha value is -2.98. The summed E-state index contributed by atoms with van der Waals surface area (Å²) < 4.78 is 23.9. The lowest BCUT2D eigenvalue weighted by atomic mass is 9.79. The molecule has 9 heteroatoms. The number of phenolic OH excluding ortho intramolecular Hbond substituents is 1. The summed E-state index contributed by atoms with van der Waals surface area (Å²) in [6, 6.07) is 4.18. The molecule has 0 amide bonds. The van der Waals surface area contributed by atoms with Crippen LogP contribution in [0.5, 0.6) is 28.7 Å². The number of aromatic hydroxyl groups is 1. The van der Waals surface area contributed by atoms with Crippen LogP contribution in [0.2, 0.25) is 0 Å². The van der Waals surface area contributed by atoms with Crippen LogP contribution in [-0.2, 0) is 6.42 Å². The van der Waals surface area contributed by atoms with Crippen LogP contribution < -0.4 is 24.3 Å². The summed E-state index contributed by atoms with van der Waals surface area (Å²) in [7, 11) is 5.72. The van der Waals surface area contributed by atoms with Crippen molar-refractivity contribution in [3.8, 4) is 28.7 Å². The van der Waals surface area contributed by atoms with E-state index in [1.807, 2.05) is 33.0 Å². The first-order chi connectivity index (χ1) is 17.9. The molecule has 2 aromatic carbocycles. The highest BCUT2D eigenvalue weighted by Crippen LogP contribution is 2.57. The molecule has 0 aromatic heterocycles. The Morgan fingerprint density at radius 2 is 2.00 bits per heavy atom. The summed E-state index contributed by atoms with van der Waals surface area (Å²) in [6.45, 7) is 10.1. The van der Waals surface area contributed by atoms with Crippen LogP contribution in [0.25, 0.3) is 0 Å². The molecule has 2 N–H and O–H groups in total. The van der Waals surface area contributed by atoms with Crippen molar-refractivity contribution < 1.29 is 24.1 Å². The monoisotopic (exact) mass is 508 g/mol. The number of benzene rings is 2. The van der Waals surface area contributed by atoms with Gasteiger partial charge < -0.3 is 29.4 Å². The van der Waals surface area contributed by atoms with Gasteiger partial charge in [0.15, 0.2) is 23.0 Å². The number of hydrogen-bond donors (Lipinski definition) is 2. The van der Waals surface area contributed by atoms with Crippen molar-refractivity contribution in [1.82, 2.24) is 20.2 Å². The number of nitrogens with zero attached hydrogens (tertiary/aromatic N) is 3. The van der Waals surface area contributed by atoms with E-state index < -0.39 is 0 Å². The second-order valence-corrected chi connectivity index (χ2v) is 10.3. The van der Waals surface area contributed by atoms with Gasteiger partial charge in [0.1, 0.15) is 18.5 Å². The molecule has 0 spiro atoms. The lowest BCUT2D eigenvalue weighted by Crippen LogP contribution is -2.55. The Bertz CT molecular complexity index is 1250. The van der Waals surface area contributed by atoms with E-state index in [0.29, 0.717) is 12.4 Å². The predicted molar refractivity (Wildman–Crippen MR) is 139 cm³/mol. The van der Waals surface area contributed by atoms with Crippen LogP contribution in [0.15, 0.2) is 24.8 Å². The number of ether oxygens (including phenoxy) is 4. The molecule has 9 nitrogen and oxygen atoms in total. The minimum Gasteiger partial charge on any atom is -0.504 e. The number of phenols is 1. The molecular formula is C28H36N4O5. The number of hydrogen-bond acceptors (Lipinski definition) is 9. The SMILES string of the molecule is C=CCOc1c(C)c2c(c3c1CC1[C@H](c4ccc(C)c(OC)c4O)N4[C@H](CN1[C@@H]3CNC)N4C)OCO2. The molecule has 6 rings (SSSR count). The minimum absolute atomic E-state index is 0.0500. The Balaban J connectivity index is 1.54. The molecule has 198 valence electrons. The first kappa shape index (κ1) is 24.4. The number of fused-ring (bicyclic) bond motifs is 5. The molecule has 4 aliphatic rings. The van der Waals surface area contributed by atoms with Gasteiger partial charge in [0.25, 0.3) is 0 Å². The lowest BCUT2D eigenvalue weighted by Gasteiger charge is -2.49. The van der Waals surface area contributed by atoms with Gasteiger partial charge >= 0.3 is 0 Å². The Morgan fingerprint density at radius 1 is 1.22 bits per heavy atom. The largest absolute Gasteiger partial charge is 0.504 e. The third-order valence-corrected chi connectivity index (χ3v) is 8.41. The molecule has 0 aliphatic carbocycles. The molecule has 4 aliphatic heterocycles. The average molecular weight is 509 g/mol. The molecule has 0 bridgehead atoms. The molecular weight excluding hydrogens is 472 g/mol. The highest BCUT2D eigenvalue weighted by atomic mass is 16.7. The first-order valence-electron chi connectivity index (χ1n) is 12.9. The standard InChI is InChI=1S/C28H36N4O5/c1-7-10-35-26-16(3)27-28(37-14-36-27)22-18(26)11-19-23(17-9-8-15(2)25(34-6)24(17)33)32-21(30(32)5)13-31(19)20(22)12-29-4/h7-9,19-21,23,29,33H,1,10-14H2,2-6H3/t19?,20-,21-,23+,30?,32?/m1/s1. The number of methoxy groups -OCH3 is 1. The molecule has 6 atom stereocenters. The third-order valence-electron chi connectivity index (χ3n) is 8.41. The second-order valence-electron chi connectivity index (χ2n) is 10.3. The van der Waals surface area contributed by atoms with Gasteiger partial charge in [-0.15, -0.1) is 0 Å². The summed E-state index contributed by atoms with van der Waals surface area (Å²) in [4.78, 5) is 2.58. The van der Waals surface area contributed by atoms with E-state index in [2.05, 4.69) is 33.9 Å². The lowest BCUT2D eigenvalue weighted by molar-refractivity contribution is 0.0254. The zero-order chi connectivity index (χ0) is 26.0. The highest BCUT2D eigenvalue weighted by Gasteiger charge is 2.59. The molecule has 2 fully saturated rings. The van der Waals surface area contributed by atoms with Gasteiger partial charge in [0.05, 0.1) is 19.2 Å². The fourth-order valence-electron chi connectivity index (χ4n) is 6.74. The van der Waals surface area contributed by atoms with Crippen LogP contribution in [-0.4, -0.2) is 79.9 Å². The van der Waals surface area contributed by atoms with E-state index in [9.17, 15) is 5.11 Å². The summed E-state index contributed by atoms with van der Waals surface area (Å²) in [5.74, 6) is 3.21. The topological polar surface area (TPSA) is 78.4 Å². The number of rotatable bonds is 7. The Morgan fingerprint density at radius 3 is 2.73 bits per heavy atom. The number of hydrazine groups is 1. The second kappa shape index (κ2) is 9.09.